The second-order valence-electron chi connectivity index (χ2n) is 5.20. The lowest BCUT2D eigenvalue weighted by atomic mass is 10.1. The molecule has 0 saturated carbocycles. The number of ketones is 1. The quantitative estimate of drug-likeness (QED) is 0.722. The first-order chi connectivity index (χ1) is 8.42. The topological polar surface area (TPSA) is 26.3 Å². The van der Waals surface area contributed by atoms with Gasteiger partial charge in [-0.2, -0.15) is 0 Å². The summed E-state index contributed by atoms with van der Waals surface area (Å²) >= 11 is 1.67. The molecule has 0 unspecified atom stereocenters. The van der Waals surface area contributed by atoms with Crippen molar-refractivity contribution in [1.82, 2.24) is 0 Å². The molecule has 0 heterocycles. The van der Waals surface area contributed by atoms with Crippen molar-refractivity contribution in [3.05, 3.63) is 29.8 Å². The van der Waals surface area contributed by atoms with Gasteiger partial charge in [0.25, 0.3) is 0 Å². The molecule has 1 aromatic rings. The van der Waals surface area contributed by atoms with Crippen molar-refractivity contribution in [2.45, 2.75) is 38.9 Å². The first-order valence-electron chi connectivity index (χ1n) is 6.32. The number of carbonyl (C=O) groups excluding carboxylic acids is 1. The van der Waals surface area contributed by atoms with Crippen molar-refractivity contribution in [2.75, 3.05) is 12.4 Å². The van der Waals surface area contributed by atoms with Crippen LogP contribution in [0.25, 0.3) is 0 Å². The maximum Gasteiger partial charge on any atom is 0.172 e. The number of ether oxygens (including phenoxy) is 1. The van der Waals surface area contributed by atoms with Crippen LogP contribution in [0.15, 0.2) is 24.3 Å². The van der Waals surface area contributed by atoms with Gasteiger partial charge < -0.3 is 4.74 Å². The summed E-state index contributed by atoms with van der Waals surface area (Å²) in [6, 6.07) is 7.42. The van der Waals surface area contributed by atoms with Crippen molar-refractivity contribution < 1.29 is 9.53 Å². The maximum atomic E-state index is 12.0. The predicted octanol–water partition coefficient (Wildman–Crippen LogP) is 4.19. The molecule has 0 bridgehead atoms. The maximum absolute atomic E-state index is 12.0. The smallest absolute Gasteiger partial charge is 0.172 e. The Morgan fingerprint density at radius 1 is 1.22 bits per heavy atom. The monoisotopic (exact) mass is 266 g/mol. The molecule has 0 amide bonds. The van der Waals surface area contributed by atoms with Crippen molar-refractivity contribution in [3.8, 4) is 5.75 Å². The normalized spacial score (nSPS) is 11.3. The van der Waals surface area contributed by atoms with Crippen molar-refractivity contribution in [3.63, 3.8) is 0 Å². The van der Waals surface area contributed by atoms with Crippen LogP contribution in [0.2, 0.25) is 0 Å². The molecule has 0 aromatic heterocycles. The van der Waals surface area contributed by atoms with E-state index in [4.69, 9.17) is 4.74 Å². The fourth-order valence-corrected chi connectivity index (χ4v) is 2.05. The van der Waals surface area contributed by atoms with E-state index in [9.17, 15) is 4.79 Å². The van der Waals surface area contributed by atoms with E-state index < -0.39 is 0 Å². The molecule has 0 N–H and O–H groups in total. The zero-order valence-electron chi connectivity index (χ0n) is 11.7. The Morgan fingerprint density at radius 3 is 2.33 bits per heavy atom. The second kappa shape index (κ2) is 6.83. The predicted molar refractivity (Wildman–Crippen MR) is 78.8 cm³/mol. The van der Waals surface area contributed by atoms with Crippen LogP contribution in [-0.2, 0) is 0 Å². The van der Waals surface area contributed by atoms with Gasteiger partial charge in [0.1, 0.15) is 5.75 Å². The standard InChI is InChI=1S/C15H22O2S/c1-5-10-17-13-8-6-12(7-9-13)14(16)11-18-15(2,3)4/h6-9H,5,10-11H2,1-4H3. The molecule has 0 radical (unpaired) electrons. The van der Waals surface area contributed by atoms with E-state index in [1.165, 1.54) is 0 Å². The van der Waals surface area contributed by atoms with E-state index >= 15 is 0 Å². The third-order valence-corrected chi connectivity index (χ3v) is 3.56. The summed E-state index contributed by atoms with van der Waals surface area (Å²) in [6.45, 7) is 9.14. The van der Waals surface area contributed by atoms with Crippen molar-refractivity contribution in [1.29, 1.82) is 0 Å². The summed E-state index contributed by atoms with van der Waals surface area (Å²) < 4.78 is 5.61. The highest BCUT2D eigenvalue weighted by atomic mass is 32.2. The molecule has 0 fully saturated rings. The molecule has 0 atom stereocenters. The van der Waals surface area contributed by atoms with Crippen molar-refractivity contribution in [2.24, 2.45) is 0 Å². The summed E-state index contributed by atoms with van der Waals surface area (Å²) in [7, 11) is 0. The number of benzene rings is 1. The minimum absolute atomic E-state index is 0.125. The zero-order valence-corrected chi connectivity index (χ0v) is 12.5. The average Bonchev–Trinajstić information content (AvgIpc) is 2.33. The second-order valence-corrected chi connectivity index (χ2v) is 7.00. The molecule has 0 aliphatic heterocycles. The van der Waals surface area contributed by atoms with Gasteiger partial charge in [-0.15, -0.1) is 11.8 Å². The van der Waals surface area contributed by atoms with Gasteiger partial charge in [-0.1, -0.05) is 27.7 Å². The third kappa shape index (κ3) is 5.58. The van der Waals surface area contributed by atoms with Crippen LogP contribution in [0.1, 0.15) is 44.5 Å². The average molecular weight is 266 g/mol. The zero-order chi connectivity index (χ0) is 13.6. The molecule has 0 spiro atoms. The van der Waals surface area contributed by atoms with E-state index in [0.717, 1.165) is 17.7 Å². The van der Waals surface area contributed by atoms with Gasteiger partial charge in [0, 0.05) is 10.3 Å². The highest BCUT2D eigenvalue weighted by Gasteiger charge is 2.14. The molecule has 2 nitrogen and oxygen atoms in total. The molecule has 3 heteroatoms. The van der Waals surface area contributed by atoms with E-state index in [0.29, 0.717) is 12.4 Å². The lowest BCUT2D eigenvalue weighted by Gasteiger charge is -2.16. The third-order valence-electron chi connectivity index (χ3n) is 2.29. The van der Waals surface area contributed by atoms with Gasteiger partial charge in [-0.25, -0.2) is 0 Å². The van der Waals surface area contributed by atoms with Crippen LogP contribution in [0.3, 0.4) is 0 Å². The fourth-order valence-electron chi connectivity index (χ4n) is 1.32. The molecule has 0 saturated heterocycles. The first kappa shape index (κ1) is 15.1. The van der Waals surface area contributed by atoms with Crippen LogP contribution < -0.4 is 4.74 Å². The van der Waals surface area contributed by atoms with Gasteiger partial charge in [0.2, 0.25) is 0 Å². The van der Waals surface area contributed by atoms with Crippen LogP contribution in [0, 0.1) is 0 Å². The fraction of sp³-hybridized carbons (Fsp3) is 0.533. The number of hydrogen-bond donors (Lipinski definition) is 0. The van der Waals surface area contributed by atoms with Crippen LogP contribution in [-0.4, -0.2) is 22.9 Å². The largest absolute Gasteiger partial charge is 0.494 e. The molecule has 0 aliphatic rings. The van der Waals surface area contributed by atoms with Crippen LogP contribution in [0.4, 0.5) is 0 Å². The van der Waals surface area contributed by atoms with Gasteiger partial charge in [0.05, 0.1) is 12.4 Å². The van der Waals surface area contributed by atoms with Gasteiger partial charge in [-0.3, -0.25) is 4.79 Å². The van der Waals surface area contributed by atoms with Gasteiger partial charge in [0.15, 0.2) is 5.78 Å². The summed E-state index contributed by atoms with van der Waals surface area (Å²) in [5.41, 5.74) is 0.760. The minimum atomic E-state index is 0.125. The molecule has 100 valence electrons. The lowest BCUT2D eigenvalue weighted by Crippen LogP contribution is -2.13. The van der Waals surface area contributed by atoms with E-state index in [1.54, 1.807) is 11.8 Å². The summed E-state index contributed by atoms with van der Waals surface area (Å²) in [5, 5.41) is 0. The van der Waals surface area contributed by atoms with E-state index in [1.807, 2.05) is 24.3 Å². The molecular weight excluding hydrogens is 244 g/mol. The summed E-state index contributed by atoms with van der Waals surface area (Å²) in [6.07, 6.45) is 0.989. The summed E-state index contributed by atoms with van der Waals surface area (Å²) in [4.78, 5) is 12.0. The Labute approximate surface area is 114 Å². The Balaban J connectivity index is 2.54. The van der Waals surface area contributed by atoms with Crippen LogP contribution in [0.5, 0.6) is 5.75 Å². The highest BCUT2D eigenvalue weighted by molar-refractivity contribution is 8.01. The summed E-state index contributed by atoms with van der Waals surface area (Å²) in [5.74, 6) is 1.53. The molecule has 18 heavy (non-hydrogen) atoms. The number of hydrogen-bond acceptors (Lipinski definition) is 3. The Hall–Kier alpha value is -0.960. The van der Waals surface area contributed by atoms with Gasteiger partial charge in [-0.05, 0) is 30.7 Å². The van der Waals surface area contributed by atoms with E-state index in [2.05, 4.69) is 27.7 Å². The Kier molecular flexibility index (Phi) is 5.73. The van der Waals surface area contributed by atoms with E-state index in [-0.39, 0.29) is 10.5 Å². The highest BCUT2D eigenvalue weighted by Crippen LogP contribution is 2.24. The number of Topliss-reactive ketones (excluding diaryl/α,β-unsaturated/α-hetero) is 1. The number of thioether (sulfide) groups is 1. The Bertz CT molecular complexity index is 376. The number of rotatable bonds is 6. The van der Waals surface area contributed by atoms with Crippen LogP contribution >= 0.6 is 11.8 Å². The first-order valence-corrected chi connectivity index (χ1v) is 7.31. The van der Waals surface area contributed by atoms with Gasteiger partial charge >= 0.3 is 0 Å². The van der Waals surface area contributed by atoms with Crippen molar-refractivity contribution >= 4 is 17.5 Å². The lowest BCUT2D eigenvalue weighted by molar-refractivity contribution is 0.102. The molecule has 1 rings (SSSR count). The molecular formula is C15H22O2S. The Morgan fingerprint density at radius 2 is 1.83 bits per heavy atom. The number of carbonyl (C=O) groups is 1. The molecule has 1 aromatic carbocycles. The molecule has 0 aliphatic carbocycles. The minimum Gasteiger partial charge on any atom is -0.494 e. The SMILES string of the molecule is CCCOc1ccc(C(=O)CSC(C)(C)C)cc1.